The highest BCUT2D eigenvalue weighted by Gasteiger charge is 2.54. The smallest absolute Gasteiger partial charge is 0.306 e. The number of nitrogens with one attached hydrogen (secondary N) is 2. The Hall–Kier alpha value is -3.73. The van der Waals surface area contributed by atoms with E-state index in [2.05, 4.69) is 38.9 Å². The van der Waals surface area contributed by atoms with E-state index in [1.807, 2.05) is 75.4 Å². The van der Waals surface area contributed by atoms with E-state index >= 15 is 0 Å². The maximum Gasteiger partial charge on any atom is 0.306 e. The standard InChI is InChI=1S/C35H42BrN3O6/c1-34(2,3)45-30(41)20-21-35(33(42)39-37-22-9-13-25-11-5-4-6-12-25)31(28-14-7-8-15-29(28)36)44-32(38-35)26-16-18-27(19-17-26)43-24-10-23-40/h4-8,11-12,14-19,31,37,40H,9-10,13,20-24H2,1-3H3,(H,39,42)/t31-,35-/m0/s1. The minimum absolute atomic E-state index is 0.0442. The van der Waals surface area contributed by atoms with Crippen LogP contribution in [0.2, 0.25) is 0 Å². The number of benzene rings is 3. The Balaban J connectivity index is 1.62. The van der Waals surface area contributed by atoms with Crippen molar-refractivity contribution in [1.82, 2.24) is 10.9 Å². The molecule has 3 aromatic rings. The van der Waals surface area contributed by atoms with Gasteiger partial charge in [0.05, 0.1) is 6.61 Å². The Bertz CT molecular complexity index is 1440. The number of hydrazine groups is 1. The third kappa shape index (κ3) is 9.63. The third-order valence-corrected chi connectivity index (χ3v) is 7.88. The lowest BCUT2D eigenvalue weighted by molar-refractivity contribution is -0.155. The van der Waals surface area contributed by atoms with E-state index in [0.717, 1.165) is 22.9 Å². The number of carbonyl (C=O) groups excluding carboxylic acids is 2. The summed E-state index contributed by atoms with van der Waals surface area (Å²) in [4.78, 5) is 32.1. The van der Waals surface area contributed by atoms with Crippen LogP contribution >= 0.6 is 15.9 Å². The first-order valence-corrected chi connectivity index (χ1v) is 16.0. The van der Waals surface area contributed by atoms with Gasteiger partial charge in [-0.15, -0.1) is 0 Å². The molecule has 0 saturated heterocycles. The molecule has 1 amide bonds. The number of aliphatic hydroxyl groups excluding tert-OH is 1. The molecule has 0 aliphatic carbocycles. The first-order chi connectivity index (χ1) is 21.6. The van der Waals surface area contributed by atoms with Crippen LogP contribution in [-0.2, 0) is 25.5 Å². The second kappa shape index (κ2) is 16.0. The zero-order valence-corrected chi connectivity index (χ0v) is 27.6. The third-order valence-electron chi connectivity index (χ3n) is 7.16. The molecule has 45 heavy (non-hydrogen) atoms. The quantitative estimate of drug-likeness (QED) is 0.105. The number of nitrogens with zero attached hydrogens (tertiary/aromatic N) is 1. The van der Waals surface area contributed by atoms with E-state index in [1.54, 1.807) is 12.1 Å². The van der Waals surface area contributed by atoms with Gasteiger partial charge in [-0.25, -0.2) is 10.4 Å². The van der Waals surface area contributed by atoms with Crippen LogP contribution in [-0.4, -0.2) is 53.8 Å². The SMILES string of the molecule is CC(C)(C)OC(=O)CC[C@]1(C(=O)NNCCCc2ccccc2)N=C(c2ccc(OCCCO)cc2)O[C@H]1c1ccccc1Br. The van der Waals surface area contributed by atoms with Crippen molar-refractivity contribution >= 4 is 33.7 Å². The van der Waals surface area contributed by atoms with Crippen molar-refractivity contribution < 1.29 is 28.9 Å². The van der Waals surface area contributed by atoms with E-state index in [9.17, 15) is 9.59 Å². The van der Waals surface area contributed by atoms with Crippen LogP contribution < -0.4 is 15.6 Å². The van der Waals surface area contributed by atoms with E-state index in [4.69, 9.17) is 24.3 Å². The average Bonchev–Trinajstić information content (AvgIpc) is 3.41. The highest BCUT2D eigenvalue weighted by Crippen LogP contribution is 2.45. The van der Waals surface area contributed by atoms with Gasteiger partial charge in [0.25, 0.3) is 5.91 Å². The predicted octanol–water partition coefficient (Wildman–Crippen LogP) is 5.84. The fourth-order valence-electron chi connectivity index (χ4n) is 5.00. The van der Waals surface area contributed by atoms with E-state index in [-0.39, 0.29) is 25.3 Å². The average molecular weight is 681 g/mol. The van der Waals surface area contributed by atoms with Crippen molar-refractivity contribution in [1.29, 1.82) is 0 Å². The molecule has 0 bridgehead atoms. The zero-order chi connectivity index (χ0) is 32.3. The van der Waals surface area contributed by atoms with E-state index in [0.29, 0.717) is 30.9 Å². The van der Waals surface area contributed by atoms with Gasteiger partial charge in [-0.05, 0) is 75.9 Å². The molecule has 10 heteroatoms. The molecule has 1 aliphatic heterocycles. The van der Waals surface area contributed by atoms with Crippen molar-refractivity contribution in [3.8, 4) is 5.75 Å². The maximum atomic E-state index is 14.2. The zero-order valence-electron chi connectivity index (χ0n) is 26.1. The molecule has 0 unspecified atom stereocenters. The van der Waals surface area contributed by atoms with Crippen LogP contribution in [0.5, 0.6) is 5.75 Å². The van der Waals surface area contributed by atoms with Gasteiger partial charge in [0.1, 0.15) is 11.4 Å². The van der Waals surface area contributed by atoms with Crippen molar-refractivity contribution in [3.63, 3.8) is 0 Å². The molecule has 4 rings (SSSR count). The summed E-state index contributed by atoms with van der Waals surface area (Å²) in [6, 6.07) is 24.9. The molecule has 240 valence electrons. The monoisotopic (exact) mass is 679 g/mol. The number of carbonyl (C=O) groups is 2. The summed E-state index contributed by atoms with van der Waals surface area (Å²) in [5.74, 6) is 0.0812. The summed E-state index contributed by atoms with van der Waals surface area (Å²) < 4.78 is 18.5. The molecule has 2 atom stereocenters. The molecule has 1 heterocycles. The summed E-state index contributed by atoms with van der Waals surface area (Å²) >= 11 is 3.63. The Morgan fingerprint density at radius 1 is 1.00 bits per heavy atom. The van der Waals surface area contributed by atoms with Crippen LogP contribution in [0, 0.1) is 0 Å². The summed E-state index contributed by atoms with van der Waals surface area (Å²) in [6.07, 6.45) is 1.37. The number of rotatable bonds is 15. The van der Waals surface area contributed by atoms with Crippen molar-refractivity contribution in [2.24, 2.45) is 4.99 Å². The van der Waals surface area contributed by atoms with Gasteiger partial charge < -0.3 is 19.3 Å². The number of esters is 1. The Labute approximate surface area is 273 Å². The lowest BCUT2D eigenvalue weighted by atomic mass is 9.83. The number of aliphatic hydroxyl groups is 1. The largest absolute Gasteiger partial charge is 0.494 e. The number of aryl methyl sites for hydroxylation is 1. The molecule has 0 spiro atoms. The van der Waals surface area contributed by atoms with Gasteiger partial charge in [0, 0.05) is 41.6 Å². The first-order valence-electron chi connectivity index (χ1n) is 15.3. The number of hydrogen-bond donors (Lipinski definition) is 3. The first kappa shape index (κ1) is 34.1. The molecule has 3 N–H and O–H groups in total. The van der Waals surface area contributed by atoms with Gasteiger partial charge in [0.15, 0.2) is 11.6 Å². The van der Waals surface area contributed by atoms with Crippen LogP contribution in [0.4, 0.5) is 0 Å². The molecule has 0 fully saturated rings. The predicted molar refractivity (Wildman–Crippen MR) is 177 cm³/mol. The molecule has 0 saturated carbocycles. The number of halogens is 1. The Morgan fingerprint density at radius 2 is 1.71 bits per heavy atom. The summed E-state index contributed by atoms with van der Waals surface area (Å²) in [7, 11) is 0. The summed E-state index contributed by atoms with van der Waals surface area (Å²) in [5, 5.41) is 9.04. The van der Waals surface area contributed by atoms with Crippen molar-refractivity contribution in [3.05, 3.63) is 100 Å². The number of hydrogen-bond acceptors (Lipinski definition) is 8. The minimum atomic E-state index is -1.49. The second-order valence-corrected chi connectivity index (χ2v) is 12.7. The lowest BCUT2D eigenvalue weighted by Gasteiger charge is -2.31. The van der Waals surface area contributed by atoms with Crippen LogP contribution in [0.1, 0.15) is 69.2 Å². The van der Waals surface area contributed by atoms with Crippen molar-refractivity contribution in [2.75, 3.05) is 19.8 Å². The molecule has 0 radical (unpaired) electrons. The van der Waals surface area contributed by atoms with Gasteiger partial charge in [-0.2, -0.15) is 0 Å². The molecule has 9 nitrogen and oxygen atoms in total. The Morgan fingerprint density at radius 3 is 2.40 bits per heavy atom. The second-order valence-electron chi connectivity index (χ2n) is 11.9. The Kier molecular flexibility index (Phi) is 12.2. The fraction of sp³-hybridized carbons (Fsp3) is 0.400. The van der Waals surface area contributed by atoms with Gasteiger partial charge >= 0.3 is 5.97 Å². The van der Waals surface area contributed by atoms with Gasteiger partial charge in [-0.1, -0.05) is 64.5 Å². The highest BCUT2D eigenvalue weighted by molar-refractivity contribution is 9.10. The van der Waals surface area contributed by atoms with Crippen LogP contribution in [0.3, 0.4) is 0 Å². The molecule has 0 aromatic heterocycles. The van der Waals surface area contributed by atoms with E-state index in [1.165, 1.54) is 5.56 Å². The summed E-state index contributed by atoms with van der Waals surface area (Å²) in [6.45, 7) is 6.41. The van der Waals surface area contributed by atoms with Crippen LogP contribution in [0.15, 0.2) is 88.3 Å². The fourth-order valence-corrected chi connectivity index (χ4v) is 5.49. The minimum Gasteiger partial charge on any atom is -0.494 e. The van der Waals surface area contributed by atoms with Gasteiger partial charge in [-0.3, -0.25) is 15.0 Å². The molecular weight excluding hydrogens is 638 g/mol. The van der Waals surface area contributed by atoms with Gasteiger partial charge in [0.2, 0.25) is 5.90 Å². The lowest BCUT2D eigenvalue weighted by Crippen LogP contribution is -2.53. The summed E-state index contributed by atoms with van der Waals surface area (Å²) in [5.41, 5.74) is 6.38. The molecule has 3 aromatic carbocycles. The number of aliphatic imine (C=N–C) groups is 1. The highest BCUT2D eigenvalue weighted by atomic mass is 79.9. The van der Waals surface area contributed by atoms with E-state index < -0.39 is 29.1 Å². The van der Waals surface area contributed by atoms with Crippen molar-refractivity contribution in [2.45, 2.75) is 70.1 Å². The molecule has 1 aliphatic rings. The topological polar surface area (TPSA) is 118 Å². The normalized spacial score (nSPS) is 17.7. The van der Waals surface area contributed by atoms with Crippen LogP contribution in [0.25, 0.3) is 0 Å². The number of ether oxygens (including phenoxy) is 3. The molecular formula is C35H42BrN3O6. The maximum absolute atomic E-state index is 14.2. The number of amides is 1.